The van der Waals surface area contributed by atoms with Gasteiger partial charge in [0.05, 0.1) is 13.0 Å². The van der Waals surface area contributed by atoms with E-state index >= 15 is 0 Å². The number of rotatable bonds is 4. The van der Waals surface area contributed by atoms with Crippen LogP contribution in [0, 0.1) is 11.3 Å². The molecule has 0 N–H and O–H groups in total. The first-order valence-corrected chi connectivity index (χ1v) is 8.53. The molecule has 1 amide bonds. The van der Waals surface area contributed by atoms with Crippen LogP contribution in [-0.2, 0) is 20.7 Å². The average Bonchev–Trinajstić information content (AvgIpc) is 3.10. The second-order valence-corrected chi connectivity index (χ2v) is 6.99. The Balaban J connectivity index is 1.68. The van der Waals surface area contributed by atoms with Crippen LogP contribution in [-0.4, -0.2) is 50.8 Å². The Morgan fingerprint density at radius 3 is 3.00 bits per heavy atom. The lowest BCUT2D eigenvalue weighted by molar-refractivity contribution is -0.130. The largest absolute Gasteiger partial charge is 0.384 e. The molecule has 1 atom stereocenters. The lowest BCUT2D eigenvalue weighted by Gasteiger charge is -2.37. The van der Waals surface area contributed by atoms with Gasteiger partial charge in [0.25, 0.3) is 0 Å². The molecular weight excluding hydrogens is 286 g/mol. The number of hydrogen-bond donors (Lipinski definition) is 0. The highest BCUT2D eigenvalue weighted by Gasteiger charge is 2.48. The standard InChI is InChI=1S/C16H23NO3S/c1-19-10-14-9-17(12-16(14)3-5-20-6-4-16)15(18)8-13-2-7-21-11-13/h2,7,11,14H,3-6,8-10,12H2,1H3. The van der Waals surface area contributed by atoms with Crippen molar-refractivity contribution in [2.24, 2.45) is 11.3 Å². The van der Waals surface area contributed by atoms with Gasteiger partial charge in [-0.25, -0.2) is 0 Å². The molecule has 4 nitrogen and oxygen atoms in total. The Labute approximate surface area is 130 Å². The van der Waals surface area contributed by atoms with Crippen LogP contribution in [0.4, 0.5) is 0 Å². The van der Waals surface area contributed by atoms with Crippen LogP contribution in [0.25, 0.3) is 0 Å². The third kappa shape index (κ3) is 3.15. The predicted molar refractivity (Wildman–Crippen MR) is 82.5 cm³/mol. The van der Waals surface area contributed by atoms with E-state index in [0.29, 0.717) is 12.3 Å². The number of thiophene rings is 1. The highest BCUT2D eigenvalue weighted by molar-refractivity contribution is 7.07. The Hall–Kier alpha value is -0.910. The van der Waals surface area contributed by atoms with Gasteiger partial charge in [0.15, 0.2) is 0 Å². The van der Waals surface area contributed by atoms with E-state index < -0.39 is 0 Å². The van der Waals surface area contributed by atoms with Gasteiger partial charge in [0.1, 0.15) is 0 Å². The van der Waals surface area contributed by atoms with Gasteiger partial charge in [0, 0.05) is 39.3 Å². The molecule has 2 aliphatic heterocycles. The van der Waals surface area contributed by atoms with Crippen LogP contribution >= 0.6 is 11.3 Å². The van der Waals surface area contributed by atoms with Crippen molar-refractivity contribution in [1.82, 2.24) is 4.90 Å². The minimum Gasteiger partial charge on any atom is -0.384 e. The molecule has 116 valence electrons. The molecule has 0 aromatic carbocycles. The summed E-state index contributed by atoms with van der Waals surface area (Å²) in [5, 5.41) is 4.09. The molecular formula is C16H23NO3S. The van der Waals surface area contributed by atoms with E-state index in [-0.39, 0.29) is 11.3 Å². The fraction of sp³-hybridized carbons (Fsp3) is 0.688. The smallest absolute Gasteiger partial charge is 0.227 e. The van der Waals surface area contributed by atoms with Gasteiger partial charge in [-0.1, -0.05) is 0 Å². The third-order valence-corrected chi connectivity index (χ3v) is 5.69. The van der Waals surface area contributed by atoms with Crippen molar-refractivity contribution in [2.45, 2.75) is 19.3 Å². The van der Waals surface area contributed by atoms with E-state index in [1.165, 1.54) is 0 Å². The average molecular weight is 309 g/mol. The maximum absolute atomic E-state index is 12.5. The maximum atomic E-state index is 12.5. The molecule has 2 fully saturated rings. The third-order valence-electron chi connectivity index (χ3n) is 4.96. The zero-order valence-electron chi connectivity index (χ0n) is 12.5. The van der Waals surface area contributed by atoms with Crippen molar-refractivity contribution < 1.29 is 14.3 Å². The van der Waals surface area contributed by atoms with E-state index in [2.05, 4.69) is 5.38 Å². The monoisotopic (exact) mass is 309 g/mol. The first-order chi connectivity index (χ1) is 10.2. The number of carbonyl (C=O) groups is 1. The molecule has 3 rings (SSSR count). The molecule has 2 saturated heterocycles. The minimum absolute atomic E-state index is 0.207. The first kappa shape index (κ1) is 15.0. The fourth-order valence-corrected chi connectivity index (χ4v) is 4.35. The van der Waals surface area contributed by atoms with Crippen molar-refractivity contribution >= 4 is 17.2 Å². The highest BCUT2D eigenvalue weighted by atomic mass is 32.1. The van der Waals surface area contributed by atoms with Crippen LogP contribution in [0.3, 0.4) is 0 Å². The minimum atomic E-state index is 0.207. The molecule has 0 saturated carbocycles. The molecule has 5 heteroatoms. The molecule has 3 heterocycles. The van der Waals surface area contributed by atoms with Crippen LogP contribution in [0.5, 0.6) is 0 Å². The zero-order chi connectivity index (χ0) is 14.7. The Morgan fingerprint density at radius 2 is 2.33 bits per heavy atom. The second kappa shape index (κ2) is 6.46. The van der Waals surface area contributed by atoms with Crippen molar-refractivity contribution in [3.63, 3.8) is 0 Å². The van der Waals surface area contributed by atoms with Gasteiger partial charge in [-0.05, 0) is 40.6 Å². The molecule has 1 aromatic rings. The molecule has 1 spiro atoms. The molecule has 21 heavy (non-hydrogen) atoms. The lowest BCUT2D eigenvalue weighted by Crippen LogP contribution is -2.39. The van der Waals surface area contributed by atoms with E-state index in [9.17, 15) is 4.79 Å². The van der Waals surface area contributed by atoms with Crippen molar-refractivity contribution in [1.29, 1.82) is 0 Å². The summed E-state index contributed by atoms with van der Waals surface area (Å²) in [5.41, 5.74) is 1.33. The molecule has 1 aromatic heterocycles. The number of ether oxygens (including phenoxy) is 2. The summed E-state index contributed by atoms with van der Waals surface area (Å²) in [7, 11) is 1.75. The highest BCUT2D eigenvalue weighted by Crippen LogP contribution is 2.44. The Kier molecular flexibility index (Phi) is 4.62. The number of hydrogen-bond acceptors (Lipinski definition) is 4. The summed E-state index contributed by atoms with van der Waals surface area (Å²) >= 11 is 1.65. The van der Waals surface area contributed by atoms with E-state index in [0.717, 1.165) is 51.3 Å². The van der Waals surface area contributed by atoms with Gasteiger partial charge in [0.2, 0.25) is 5.91 Å². The summed E-state index contributed by atoms with van der Waals surface area (Å²) < 4.78 is 10.9. The van der Waals surface area contributed by atoms with Crippen LogP contribution < -0.4 is 0 Å². The Bertz CT molecular complexity index is 468. The molecule has 0 aliphatic carbocycles. The Morgan fingerprint density at radius 1 is 1.52 bits per heavy atom. The zero-order valence-corrected chi connectivity index (χ0v) is 13.4. The molecule has 2 aliphatic rings. The normalized spacial score (nSPS) is 24.6. The SMILES string of the molecule is COCC1CN(C(=O)Cc2ccsc2)CC12CCOCC2. The topological polar surface area (TPSA) is 38.8 Å². The molecule has 1 unspecified atom stereocenters. The summed E-state index contributed by atoms with van der Waals surface area (Å²) in [4.78, 5) is 14.6. The van der Waals surface area contributed by atoms with Gasteiger partial charge in [-0.15, -0.1) is 0 Å². The summed E-state index contributed by atoms with van der Waals surface area (Å²) in [6.45, 7) is 4.06. The second-order valence-electron chi connectivity index (χ2n) is 6.21. The quantitative estimate of drug-likeness (QED) is 0.856. The number of carbonyl (C=O) groups excluding carboxylic acids is 1. The number of methoxy groups -OCH3 is 1. The lowest BCUT2D eigenvalue weighted by atomic mass is 9.72. The van der Waals surface area contributed by atoms with Crippen LogP contribution in [0.2, 0.25) is 0 Å². The van der Waals surface area contributed by atoms with Crippen molar-refractivity contribution in [3.05, 3.63) is 22.4 Å². The number of amides is 1. The van der Waals surface area contributed by atoms with Crippen LogP contribution in [0.1, 0.15) is 18.4 Å². The van der Waals surface area contributed by atoms with Gasteiger partial charge in [-0.3, -0.25) is 4.79 Å². The molecule has 0 bridgehead atoms. The van der Waals surface area contributed by atoms with E-state index in [4.69, 9.17) is 9.47 Å². The predicted octanol–water partition coefficient (Wildman–Crippen LogP) is 2.19. The van der Waals surface area contributed by atoms with Gasteiger partial charge in [-0.2, -0.15) is 11.3 Å². The van der Waals surface area contributed by atoms with Crippen LogP contribution in [0.15, 0.2) is 16.8 Å². The fourth-order valence-electron chi connectivity index (χ4n) is 3.68. The first-order valence-electron chi connectivity index (χ1n) is 7.59. The summed E-state index contributed by atoms with van der Waals surface area (Å²) in [6.07, 6.45) is 2.61. The summed E-state index contributed by atoms with van der Waals surface area (Å²) in [5.74, 6) is 0.690. The summed E-state index contributed by atoms with van der Waals surface area (Å²) in [6, 6.07) is 2.04. The van der Waals surface area contributed by atoms with Gasteiger partial charge < -0.3 is 14.4 Å². The molecule has 0 radical (unpaired) electrons. The van der Waals surface area contributed by atoms with E-state index in [1.807, 2.05) is 16.3 Å². The van der Waals surface area contributed by atoms with E-state index in [1.54, 1.807) is 18.4 Å². The maximum Gasteiger partial charge on any atom is 0.227 e. The van der Waals surface area contributed by atoms with Crippen molar-refractivity contribution in [2.75, 3.05) is 40.0 Å². The van der Waals surface area contributed by atoms with Gasteiger partial charge >= 0.3 is 0 Å². The number of nitrogens with zero attached hydrogens (tertiary/aromatic N) is 1. The van der Waals surface area contributed by atoms with Crippen molar-refractivity contribution in [3.8, 4) is 0 Å². The number of likely N-dealkylation sites (tertiary alicyclic amines) is 1.